The molecule has 0 amide bonds. The van der Waals surface area contributed by atoms with Crippen LogP contribution >= 0.6 is 0 Å². The van der Waals surface area contributed by atoms with Gasteiger partial charge in [-0.2, -0.15) is 0 Å². The van der Waals surface area contributed by atoms with Gasteiger partial charge in [0.05, 0.1) is 0 Å². The van der Waals surface area contributed by atoms with E-state index in [-0.39, 0.29) is 0 Å². The van der Waals surface area contributed by atoms with E-state index in [4.69, 9.17) is 0 Å². The zero-order valence-electron chi connectivity index (χ0n) is 10.3. The van der Waals surface area contributed by atoms with Crippen LogP contribution in [0.15, 0.2) is 0 Å². The van der Waals surface area contributed by atoms with Crippen molar-refractivity contribution in [2.75, 3.05) is 0 Å². The van der Waals surface area contributed by atoms with Gasteiger partial charge in [-0.25, -0.2) is 0 Å². The molecule has 0 bridgehead atoms. The Hall–Kier alpha value is 0. The molecule has 0 spiro atoms. The monoisotopic (exact) mass is 184 g/mol. The molecular formula is C13H28. The normalized spacial score (nSPS) is 28.2. The van der Waals surface area contributed by atoms with Crippen molar-refractivity contribution >= 4 is 0 Å². The minimum absolute atomic E-state index is 0.924. The molecule has 1 aliphatic carbocycles. The van der Waals surface area contributed by atoms with Crippen LogP contribution in [0, 0.1) is 17.8 Å². The van der Waals surface area contributed by atoms with Crippen molar-refractivity contribution in [1.29, 1.82) is 0 Å². The van der Waals surface area contributed by atoms with Gasteiger partial charge in [0, 0.05) is 0 Å². The minimum Gasteiger partial charge on any atom is -0.0656 e. The van der Waals surface area contributed by atoms with Gasteiger partial charge in [0.25, 0.3) is 0 Å². The topological polar surface area (TPSA) is 0 Å². The Labute approximate surface area is 85.1 Å². The summed E-state index contributed by atoms with van der Waals surface area (Å²) < 4.78 is 0. The fourth-order valence-corrected chi connectivity index (χ4v) is 1.95. The fraction of sp³-hybridized carbons (Fsp3) is 1.00. The van der Waals surface area contributed by atoms with Crippen LogP contribution < -0.4 is 0 Å². The van der Waals surface area contributed by atoms with E-state index in [1.54, 1.807) is 0 Å². The van der Waals surface area contributed by atoms with E-state index < -0.39 is 0 Å². The van der Waals surface area contributed by atoms with Crippen molar-refractivity contribution in [3.05, 3.63) is 0 Å². The van der Waals surface area contributed by atoms with Crippen LogP contribution in [0.5, 0.6) is 0 Å². The SMILES string of the molecule is CC1CCC(C(C)C)CC1.CCC. The molecule has 0 aromatic heterocycles. The first-order chi connectivity index (χ1) is 6.11. The molecule has 0 nitrogen and oxygen atoms in total. The standard InChI is InChI=1S/C10H20.C3H8/c1-8(2)10-6-4-9(3)5-7-10;1-3-2/h8-10H,4-7H2,1-3H3;3H2,1-2H3. The summed E-state index contributed by atoms with van der Waals surface area (Å²) in [5.41, 5.74) is 0. The van der Waals surface area contributed by atoms with Crippen LogP contribution in [0.2, 0.25) is 0 Å². The van der Waals surface area contributed by atoms with E-state index in [0.717, 1.165) is 17.8 Å². The predicted molar refractivity (Wildman–Crippen MR) is 61.9 cm³/mol. The molecule has 0 N–H and O–H groups in total. The Kier molecular flexibility index (Phi) is 7.41. The highest BCUT2D eigenvalue weighted by Gasteiger charge is 2.19. The third kappa shape index (κ3) is 6.12. The van der Waals surface area contributed by atoms with E-state index in [9.17, 15) is 0 Å². The Morgan fingerprint density at radius 1 is 1.00 bits per heavy atom. The van der Waals surface area contributed by atoms with Gasteiger partial charge in [-0.15, -0.1) is 0 Å². The largest absolute Gasteiger partial charge is 0.0656 e. The molecule has 1 fully saturated rings. The summed E-state index contributed by atoms with van der Waals surface area (Å²) in [7, 11) is 0. The molecule has 1 rings (SSSR count). The number of hydrogen-bond donors (Lipinski definition) is 0. The molecule has 0 saturated heterocycles. The molecule has 13 heavy (non-hydrogen) atoms. The smallest absolute Gasteiger partial charge is 0.0391 e. The molecule has 0 heterocycles. The molecule has 0 aliphatic heterocycles. The Bertz CT molecular complexity index is 96.6. The fourth-order valence-electron chi connectivity index (χ4n) is 1.95. The number of rotatable bonds is 1. The van der Waals surface area contributed by atoms with Crippen LogP contribution in [-0.4, -0.2) is 0 Å². The third-order valence-electron chi connectivity index (χ3n) is 3.00. The van der Waals surface area contributed by atoms with Crippen LogP contribution in [0.4, 0.5) is 0 Å². The molecule has 1 saturated carbocycles. The first kappa shape index (κ1) is 13.0. The zero-order valence-corrected chi connectivity index (χ0v) is 10.3. The summed E-state index contributed by atoms with van der Waals surface area (Å²) in [6.45, 7) is 11.4. The van der Waals surface area contributed by atoms with E-state index in [0.29, 0.717) is 0 Å². The maximum atomic E-state index is 2.39. The summed E-state index contributed by atoms with van der Waals surface area (Å²) in [6, 6.07) is 0. The minimum atomic E-state index is 0.924. The predicted octanol–water partition coefficient (Wildman–Crippen LogP) is 4.89. The van der Waals surface area contributed by atoms with Crippen molar-refractivity contribution in [3.8, 4) is 0 Å². The van der Waals surface area contributed by atoms with Crippen molar-refractivity contribution in [1.82, 2.24) is 0 Å². The Morgan fingerprint density at radius 3 is 1.69 bits per heavy atom. The summed E-state index contributed by atoms with van der Waals surface area (Å²) in [4.78, 5) is 0. The molecule has 0 aromatic carbocycles. The van der Waals surface area contributed by atoms with Crippen molar-refractivity contribution in [3.63, 3.8) is 0 Å². The lowest BCUT2D eigenvalue weighted by Gasteiger charge is -2.28. The highest BCUT2D eigenvalue weighted by atomic mass is 14.3. The lowest BCUT2D eigenvalue weighted by Crippen LogP contribution is -2.16. The van der Waals surface area contributed by atoms with Gasteiger partial charge in [-0.3, -0.25) is 0 Å². The highest BCUT2D eigenvalue weighted by molar-refractivity contribution is 4.71. The molecule has 0 unspecified atom stereocenters. The van der Waals surface area contributed by atoms with E-state index in [1.807, 2.05) is 0 Å². The first-order valence-corrected chi connectivity index (χ1v) is 6.11. The van der Waals surface area contributed by atoms with Gasteiger partial charge >= 0.3 is 0 Å². The van der Waals surface area contributed by atoms with E-state index in [1.165, 1.54) is 32.1 Å². The molecule has 0 atom stereocenters. The summed E-state index contributed by atoms with van der Waals surface area (Å²) in [6.07, 6.45) is 7.17. The second-order valence-electron chi connectivity index (χ2n) is 4.97. The van der Waals surface area contributed by atoms with E-state index in [2.05, 4.69) is 34.6 Å². The first-order valence-electron chi connectivity index (χ1n) is 6.11. The summed E-state index contributed by atoms with van der Waals surface area (Å²) >= 11 is 0. The zero-order chi connectivity index (χ0) is 10.3. The van der Waals surface area contributed by atoms with Gasteiger partial charge in [-0.05, 0) is 30.6 Å². The Balaban J connectivity index is 0.000000424. The van der Waals surface area contributed by atoms with Crippen LogP contribution in [0.1, 0.15) is 66.7 Å². The third-order valence-corrected chi connectivity index (χ3v) is 3.00. The lowest BCUT2D eigenvalue weighted by molar-refractivity contribution is 0.234. The maximum Gasteiger partial charge on any atom is -0.0391 e. The van der Waals surface area contributed by atoms with Gasteiger partial charge in [0.1, 0.15) is 0 Å². The molecule has 0 radical (unpaired) electrons. The Morgan fingerprint density at radius 2 is 1.38 bits per heavy atom. The molecule has 1 aliphatic rings. The van der Waals surface area contributed by atoms with Crippen molar-refractivity contribution in [2.45, 2.75) is 66.7 Å². The lowest BCUT2D eigenvalue weighted by atomic mass is 9.78. The van der Waals surface area contributed by atoms with Gasteiger partial charge < -0.3 is 0 Å². The second-order valence-corrected chi connectivity index (χ2v) is 4.97. The van der Waals surface area contributed by atoms with Crippen LogP contribution in [0.25, 0.3) is 0 Å². The summed E-state index contributed by atoms with van der Waals surface area (Å²) in [5.74, 6) is 2.97. The average Bonchev–Trinajstić information content (AvgIpc) is 2.06. The molecular weight excluding hydrogens is 156 g/mol. The van der Waals surface area contributed by atoms with Crippen molar-refractivity contribution in [2.24, 2.45) is 17.8 Å². The maximum absolute atomic E-state index is 2.39. The average molecular weight is 184 g/mol. The van der Waals surface area contributed by atoms with Crippen molar-refractivity contribution < 1.29 is 0 Å². The van der Waals surface area contributed by atoms with Crippen LogP contribution in [0.3, 0.4) is 0 Å². The number of hydrogen-bond acceptors (Lipinski definition) is 0. The van der Waals surface area contributed by atoms with E-state index >= 15 is 0 Å². The van der Waals surface area contributed by atoms with Gasteiger partial charge in [-0.1, -0.05) is 53.9 Å². The molecule has 0 aromatic rings. The quantitative estimate of drug-likeness (QED) is 0.544. The second kappa shape index (κ2) is 7.41. The van der Waals surface area contributed by atoms with Gasteiger partial charge in [0.2, 0.25) is 0 Å². The van der Waals surface area contributed by atoms with Gasteiger partial charge in [0.15, 0.2) is 0 Å². The van der Waals surface area contributed by atoms with Crippen LogP contribution in [-0.2, 0) is 0 Å². The highest BCUT2D eigenvalue weighted by Crippen LogP contribution is 2.32. The summed E-state index contributed by atoms with van der Waals surface area (Å²) in [5, 5.41) is 0. The molecule has 80 valence electrons. The molecule has 0 heteroatoms.